The highest BCUT2D eigenvalue weighted by atomic mass is 19.1. The van der Waals surface area contributed by atoms with Gasteiger partial charge in [-0.1, -0.05) is 0 Å². The lowest BCUT2D eigenvalue weighted by Gasteiger charge is -2.42. The summed E-state index contributed by atoms with van der Waals surface area (Å²) in [5, 5.41) is 10.2. The second-order valence-corrected chi connectivity index (χ2v) is 6.07. The molecule has 1 fully saturated rings. The second kappa shape index (κ2) is 6.12. The Kier molecular flexibility index (Phi) is 4.64. The van der Waals surface area contributed by atoms with Crippen molar-refractivity contribution in [1.82, 2.24) is 9.80 Å². The Morgan fingerprint density at radius 2 is 1.90 bits per heavy atom. The van der Waals surface area contributed by atoms with Gasteiger partial charge >= 0.3 is 0 Å². The minimum absolute atomic E-state index is 0.0558. The minimum atomic E-state index is -0.483. The molecular weight excluding hydrogens is 271 g/mol. The molecule has 0 aromatic heterocycles. The van der Waals surface area contributed by atoms with Crippen molar-refractivity contribution >= 4 is 5.78 Å². The summed E-state index contributed by atoms with van der Waals surface area (Å²) < 4.78 is 13.6. The van der Waals surface area contributed by atoms with Crippen molar-refractivity contribution in [2.45, 2.75) is 39.4 Å². The summed E-state index contributed by atoms with van der Waals surface area (Å²) >= 11 is 0. The van der Waals surface area contributed by atoms with E-state index >= 15 is 0 Å². The number of phenols is 1. The van der Waals surface area contributed by atoms with Gasteiger partial charge in [0.2, 0.25) is 0 Å². The minimum Gasteiger partial charge on any atom is -0.507 e. The monoisotopic (exact) mass is 294 g/mol. The first kappa shape index (κ1) is 15.9. The van der Waals surface area contributed by atoms with Crippen LogP contribution in [0.4, 0.5) is 4.39 Å². The number of phenolic OH excluding ortho intramolecular Hbond substituents is 1. The molecule has 1 aromatic rings. The molecule has 116 valence electrons. The number of ketones is 1. The molecule has 1 N–H and O–H groups in total. The number of aromatic hydroxyl groups is 1. The van der Waals surface area contributed by atoms with E-state index in [2.05, 4.69) is 30.7 Å². The molecule has 1 heterocycles. The number of nitrogens with zero attached hydrogens (tertiary/aromatic N) is 2. The summed E-state index contributed by atoms with van der Waals surface area (Å²) in [6, 6.07) is 3.21. The lowest BCUT2D eigenvalue weighted by atomic mass is 10.0. The Morgan fingerprint density at radius 1 is 1.33 bits per heavy atom. The van der Waals surface area contributed by atoms with Gasteiger partial charge in [0.15, 0.2) is 5.78 Å². The molecule has 21 heavy (non-hydrogen) atoms. The standard InChI is InChI=1S/C16H23FN2O2/c1-10-7-19(8-11(2)18(10)4)9-13-5-14(17)6-15(12(3)20)16(13)21/h5-6,10-11,21H,7-9H2,1-4H3. The average Bonchev–Trinajstić information content (AvgIpc) is 2.39. The highest BCUT2D eigenvalue weighted by Gasteiger charge is 2.27. The maximum Gasteiger partial charge on any atom is 0.163 e. The zero-order chi connectivity index (χ0) is 15.7. The predicted octanol–water partition coefficient (Wildman–Crippen LogP) is 2.26. The molecule has 0 radical (unpaired) electrons. The Morgan fingerprint density at radius 3 is 2.43 bits per heavy atom. The van der Waals surface area contributed by atoms with Crippen LogP contribution in [0.3, 0.4) is 0 Å². The average molecular weight is 294 g/mol. The van der Waals surface area contributed by atoms with E-state index in [1.807, 2.05) is 0 Å². The van der Waals surface area contributed by atoms with Crippen molar-refractivity contribution in [2.75, 3.05) is 20.1 Å². The number of rotatable bonds is 3. The Labute approximate surface area is 125 Å². The number of carbonyl (C=O) groups is 1. The van der Waals surface area contributed by atoms with Crippen LogP contribution in [-0.2, 0) is 6.54 Å². The van der Waals surface area contributed by atoms with Gasteiger partial charge in [-0.25, -0.2) is 4.39 Å². The molecule has 1 saturated heterocycles. The van der Waals surface area contributed by atoms with E-state index in [0.717, 1.165) is 19.2 Å². The number of hydrogen-bond donors (Lipinski definition) is 1. The molecule has 2 unspecified atom stereocenters. The molecular formula is C16H23FN2O2. The van der Waals surface area contributed by atoms with Gasteiger partial charge in [-0.2, -0.15) is 0 Å². The van der Waals surface area contributed by atoms with E-state index in [0.29, 0.717) is 24.2 Å². The van der Waals surface area contributed by atoms with Crippen LogP contribution in [0.1, 0.15) is 36.7 Å². The molecule has 0 amide bonds. The van der Waals surface area contributed by atoms with Gasteiger partial charge in [-0.05, 0) is 40.0 Å². The topological polar surface area (TPSA) is 43.8 Å². The Bertz CT molecular complexity index is 535. The van der Waals surface area contributed by atoms with Crippen LogP contribution in [0.25, 0.3) is 0 Å². The van der Waals surface area contributed by atoms with Gasteiger partial charge in [0.05, 0.1) is 5.56 Å². The van der Waals surface area contributed by atoms with Crippen LogP contribution in [0.2, 0.25) is 0 Å². The fourth-order valence-corrected chi connectivity index (χ4v) is 2.93. The first-order chi connectivity index (χ1) is 9.79. The highest BCUT2D eigenvalue weighted by Crippen LogP contribution is 2.27. The molecule has 1 aliphatic heterocycles. The number of likely N-dealkylation sites (N-methyl/N-ethyl adjacent to an activating group) is 1. The molecule has 1 aromatic carbocycles. The number of carbonyl (C=O) groups excluding carboxylic acids is 1. The van der Waals surface area contributed by atoms with Crippen molar-refractivity contribution in [2.24, 2.45) is 0 Å². The zero-order valence-corrected chi connectivity index (χ0v) is 13.1. The van der Waals surface area contributed by atoms with Crippen LogP contribution in [0, 0.1) is 5.82 Å². The molecule has 0 spiro atoms. The summed E-state index contributed by atoms with van der Waals surface area (Å²) in [6.07, 6.45) is 0. The molecule has 0 bridgehead atoms. The van der Waals surface area contributed by atoms with Gasteiger partial charge in [-0.15, -0.1) is 0 Å². The molecule has 2 rings (SSSR count). The van der Waals surface area contributed by atoms with E-state index in [1.54, 1.807) is 0 Å². The van der Waals surface area contributed by atoms with Gasteiger partial charge < -0.3 is 5.11 Å². The van der Waals surface area contributed by atoms with Crippen LogP contribution >= 0.6 is 0 Å². The van der Waals surface area contributed by atoms with Crippen LogP contribution < -0.4 is 0 Å². The van der Waals surface area contributed by atoms with Crippen LogP contribution in [-0.4, -0.2) is 52.9 Å². The van der Waals surface area contributed by atoms with E-state index < -0.39 is 5.82 Å². The third kappa shape index (κ3) is 3.41. The fraction of sp³-hybridized carbons (Fsp3) is 0.562. The summed E-state index contributed by atoms with van der Waals surface area (Å²) in [4.78, 5) is 16.0. The third-order valence-electron chi connectivity index (χ3n) is 4.36. The number of piperazine rings is 1. The molecule has 1 aliphatic rings. The van der Waals surface area contributed by atoms with E-state index in [4.69, 9.17) is 0 Å². The highest BCUT2D eigenvalue weighted by molar-refractivity contribution is 5.97. The van der Waals surface area contributed by atoms with E-state index in [1.165, 1.54) is 13.0 Å². The smallest absolute Gasteiger partial charge is 0.163 e. The summed E-state index contributed by atoms with van der Waals surface area (Å²) in [6.45, 7) is 7.78. The lowest BCUT2D eigenvalue weighted by Crippen LogP contribution is -2.54. The molecule has 2 atom stereocenters. The number of halogens is 1. The van der Waals surface area contributed by atoms with Gasteiger partial charge in [0, 0.05) is 37.3 Å². The normalized spacial score (nSPS) is 24.2. The first-order valence-corrected chi connectivity index (χ1v) is 7.26. The van der Waals surface area contributed by atoms with E-state index in [-0.39, 0.29) is 17.1 Å². The number of Topliss-reactive ketones (excluding diaryl/α,β-unsaturated/α-hetero) is 1. The largest absolute Gasteiger partial charge is 0.507 e. The first-order valence-electron chi connectivity index (χ1n) is 7.26. The molecule has 5 heteroatoms. The summed E-state index contributed by atoms with van der Waals surface area (Å²) in [7, 11) is 2.10. The second-order valence-electron chi connectivity index (χ2n) is 6.07. The quantitative estimate of drug-likeness (QED) is 0.869. The van der Waals surface area contributed by atoms with Gasteiger partial charge in [-0.3, -0.25) is 14.6 Å². The fourth-order valence-electron chi connectivity index (χ4n) is 2.93. The third-order valence-corrected chi connectivity index (χ3v) is 4.36. The SMILES string of the molecule is CC(=O)c1cc(F)cc(CN2CC(C)N(C)C(C)C2)c1O. The lowest BCUT2D eigenvalue weighted by molar-refractivity contribution is 0.0551. The van der Waals surface area contributed by atoms with Gasteiger partial charge in [0.25, 0.3) is 0 Å². The van der Waals surface area contributed by atoms with Crippen LogP contribution in [0.5, 0.6) is 5.75 Å². The molecule has 0 saturated carbocycles. The van der Waals surface area contributed by atoms with Gasteiger partial charge in [0.1, 0.15) is 11.6 Å². The number of hydrogen-bond acceptors (Lipinski definition) is 4. The Hall–Kier alpha value is -1.46. The molecule has 0 aliphatic carbocycles. The predicted molar refractivity (Wildman–Crippen MR) is 80.0 cm³/mol. The summed E-state index contributed by atoms with van der Waals surface area (Å²) in [5.41, 5.74) is 0.532. The maximum atomic E-state index is 13.6. The van der Waals surface area contributed by atoms with Crippen molar-refractivity contribution in [3.63, 3.8) is 0 Å². The van der Waals surface area contributed by atoms with Crippen molar-refractivity contribution in [3.8, 4) is 5.75 Å². The van der Waals surface area contributed by atoms with E-state index in [9.17, 15) is 14.3 Å². The van der Waals surface area contributed by atoms with Crippen molar-refractivity contribution in [3.05, 3.63) is 29.1 Å². The van der Waals surface area contributed by atoms with Crippen molar-refractivity contribution in [1.29, 1.82) is 0 Å². The zero-order valence-electron chi connectivity index (χ0n) is 13.1. The molecule has 4 nitrogen and oxygen atoms in total. The number of benzene rings is 1. The van der Waals surface area contributed by atoms with Crippen molar-refractivity contribution < 1.29 is 14.3 Å². The summed E-state index contributed by atoms with van der Waals surface area (Å²) in [5.74, 6) is -0.903. The maximum absolute atomic E-state index is 13.6. The Balaban J connectivity index is 2.22. The van der Waals surface area contributed by atoms with Crippen LogP contribution in [0.15, 0.2) is 12.1 Å².